The molecule has 7 amide bonds. The maximum Gasteiger partial charge on any atom is 0.330 e. The average molecular weight is 1280 g/mol. The van der Waals surface area contributed by atoms with Gasteiger partial charge in [-0.1, -0.05) is 41.4 Å². The number of aromatic hydroxyl groups is 4. The number of nitrogens with two attached hydrogens (primary N) is 1. The Morgan fingerprint density at radius 2 is 1.34 bits per heavy atom. The Kier molecular flexibility index (Phi) is 19.1. The van der Waals surface area contributed by atoms with Crippen LogP contribution in [-0.2, 0) is 54.3 Å². The molecule has 0 unspecified atom stereocenters. The SMILES string of the molecule is C[C@H](C(=O)N[C@@H]1Cc2ccc(c(Cl)c2)Oc2cc3cc(c2O)Oc2ccc(cc2Cl)[C@@H](O[C@@H]2O[C@@H](CO)[C@H](O)[C@@H](O)[C@@H]2O)[C@@H]2NC(=O)[C@H](NC(=O)[C@H]3NC(=O)[C@H](CCC(N)=O)NC1=O)c1ccc(O)c(c1)-c1c(O)cc(O)cc1[C@H](C(=O)O)NC2=O)N(C)C. The maximum atomic E-state index is 15.7. The van der Waals surface area contributed by atoms with Gasteiger partial charge in [-0.15, -0.1) is 0 Å². The summed E-state index contributed by atoms with van der Waals surface area (Å²) in [5.41, 5.74) is 3.40. The van der Waals surface area contributed by atoms with Gasteiger partial charge in [-0.2, -0.15) is 0 Å². The fourth-order valence-electron chi connectivity index (χ4n) is 10.3. The molecule has 11 bridgehead atoms. The lowest BCUT2D eigenvalue weighted by atomic mass is 9.89. The van der Waals surface area contributed by atoms with Crippen LogP contribution in [0.1, 0.15) is 71.8 Å². The molecule has 89 heavy (non-hydrogen) atoms. The van der Waals surface area contributed by atoms with E-state index >= 15 is 19.2 Å². The standard InChI is InChI=1S/C58H60Cl2N8O21/c1-21(68(2)3)51(78)63-32-13-22-4-9-35(29(59)12-22)86-37-16-25-17-38(46(37)74)87-36-10-6-24(15-30(36)60)50(89-58-49(77)48(76)47(75)39(20-69)88-58)45-56(83)66-44(57(84)85)28-18-26(70)19-34(72)41(28)27-14-23(5-8-33(27)71)42(54(81)67-45)65-55(82)43(25)64-52(79)31(62-53(32)80)7-11-40(61)73/h4-6,8-10,12,14-19,21,31-32,39,42-45,47-50,58,69-72,74-77H,7,11,13,20H2,1-3H3,(H2,61,73)(H,62,80)(H,63,78)(H,64,79)(H,65,82)(H,66,83)(H,67,81)(H,84,85)/t21-,31+,32-,39+,42-,43+,44-,45+,47+,48-,49+,50-,58+/m1/s1. The number of phenolic OH excluding ortho intramolecular Hbond substituents is 4. The lowest BCUT2D eigenvalue weighted by molar-refractivity contribution is -0.313. The van der Waals surface area contributed by atoms with E-state index in [0.717, 1.165) is 54.6 Å². The average Bonchev–Trinajstić information content (AvgIpc) is 3.01. The van der Waals surface area contributed by atoms with Crippen molar-refractivity contribution in [2.45, 2.75) is 105 Å². The van der Waals surface area contributed by atoms with Gasteiger partial charge in [-0.25, -0.2) is 4.79 Å². The molecule has 5 aromatic rings. The topological polar surface area (TPSA) is 457 Å². The van der Waals surface area contributed by atoms with Crippen LogP contribution in [0.4, 0.5) is 0 Å². The predicted octanol–water partition coefficient (Wildman–Crippen LogP) is 0.435. The van der Waals surface area contributed by atoms with Gasteiger partial charge in [-0.05, 0) is 104 Å². The number of benzene rings is 5. The summed E-state index contributed by atoms with van der Waals surface area (Å²) in [5, 5.41) is 114. The molecular weight excluding hydrogens is 1220 g/mol. The van der Waals surface area contributed by atoms with Gasteiger partial charge in [0.15, 0.2) is 23.8 Å². The van der Waals surface area contributed by atoms with Crippen molar-refractivity contribution in [1.29, 1.82) is 0 Å². The predicted molar refractivity (Wildman–Crippen MR) is 307 cm³/mol. The van der Waals surface area contributed by atoms with Crippen molar-refractivity contribution in [3.8, 4) is 57.1 Å². The number of aliphatic hydroxyl groups is 4. The van der Waals surface area contributed by atoms with Crippen molar-refractivity contribution in [3.05, 3.63) is 117 Å². The summed E-state index contributed by atoms with van der Waals surface area (Å²) in [6.07, 6.45) is -13.5. The number of hydrogen-bond donors (Lipinski definition) is 16. The highest BCUT2D eigenvalue weighted by Gasteiger charge is 2.48. The summed E-state index contributed by atoms with van der Waals surface area (Å²) in [4.78, 5) is 117. The van der Waals surface area contributed by atoms with E-state index in [0.29, 0.717) is 5.56 Å². The Balaban J connectivity index is 1.29. The lowest BCUT2D eigenvalue weighted by Crippen LogP contribution is -2.61. The normalized spacial score (nSPS) is 25.8. The Hall–Kier alpha value is -9.04. The first-order chi connectivity index (χ1) is 42.1. The number of carboxylic acids is 1. The van der Waals surface area contributed by atoms with Gasteiger partial charge in [-0.3, -0.25) is 38.5 Å². The molecule has 31 heteroatoms. The molecule has 6 aliphatic rings. The third kappa shape index (κ3) is 13.7. The summed E-state index contributed by atoms with van der Waals surface area (Å²) in [6, 6.07) is 1.43. The minimum absolute atomic E-state index is 0.121. The van der Waals surface area contributed by atoms with E-state index in [9.17, 15) is 65.1 Å². The first-order valence-corrected chi connectivity index (χ1v) is 28.0. The van der Waals surface area contributed by atoms with E-state index in [-0.39, 0.29) is 39.6 Å². The summed E-state index contributed by atoms with van der Waals surface area (Å²) in [5.74, 6) is -14.5. The Morgan fingerprint density at radius 3 is 1.97 bits per heavy atom. The smallest absolute Gasteiger partial charge is 0.330 e. The number of carboxylic acid groups (broad SMARTS) is 1. The van der Waals surface area contributed by atoms with Gasteiger partial charge >= 0.3 is 5.97 Å². The Labute approximate surface area is 514 Å². The number of aliphatic carboxylic acids is 1. The molecule has 0 radical (unpaired) electrons. The fraction of sp³-hybridized carbons (Fsp3) is 0.345. The van der Waals surface area contributed by atoms with E-state index in [2.05, 4.69) is 31.9 Å². The largest absolute Gasteiger partial charge is 0.508 e. The number of fused-ring (bicyclic) bond motifs is 15. The van der Waals surface area contributed by atoms with E-state index in [1.54, 1.807) is 25.9 Å². The van der Waals surface area contributed by atoms with Crippen molar-refractivity contribution < 1.29 is 103 Å². The summed E-state index contributed by atoms with van der Waals surface area (Å²) in [6.45, 7) is 0.581. The highest BCUT2D eigenvalue weighted by molar-refractivity contribution is 6.32. The van der Waals surface area contributed by atoms with Crippen LogP contribution in [0.25, 0.3) is 11.1 Å². The number of phenols is 4. The van der Waals surface area contributed by atoms with Crippen LogP contribution < -0.4 is 47.1 Å². The van der Waals surface area contributed by atoms with Crippen molar-refractivity contribution >= 4 is 70.5 Å². The molecule has 5 aromatic carbocycles. The summed E-state index contributed by atoms with van der Waals surface area (Å²) in [7, 11) is 3.24. The second-order valence-electron chi connectivity index (χ2n) is 21.6. The minimum atomic E-state index is -2.34. The monoisotopic (exact) mass is 1270 g/mol. The lowest BCUT2D eigenvalue weighted by Gasteiger charge is -2.42. The first kappa shape index (κ1) is 64.4. The summed E-state index contributed by atoms with van der Waals surface area (Å²) < 4.78 is 24.4. The van der Waals surface area contributed by atoms with Gasteiger partial charge in [0.25, 0.3) is 0 Å². The molecule has 0 spiro atoms. The van der Waals surface area contributed by atoms with E-state index < -0.39 is 202 Å². The minimum Gasteiger partial charge on any atom is -0.508 e. The van der Waals surface area contributed by atoms with Gasteiger partial charge in [0.1, 0.15) is 89.5 Å². The molecule has 13 atom stereocenters. The van der Waals surface area contributed by atoms with Crippen LogP contribution >= 0.6 is 23.2 Å². The van der Waals surface area contributed by atoms with E-state index in [1.165, 1.54) is 24.3 Å². The quantitative estimate of drug-likeness (QED) is 0.0902. The number of amides is 7. The molecule has 472 valence electrons. The molecule has 6 aliphatic heterocycles. The van der Waals surface area contributed by atoms with E-state index in [4.69, 9.17) is 47.9 Å². The number of carbonyl (C=O) groups is 8. The molecule has 1 fully saturated rings. The molecule has 17 N–H and O–H groups in total. The summed E-state index contributed by atoms with van der Waals surface area (Å²) >= 11 is 13.8. The molecule has 0 aliphatic carbocycles. The number of rotatable bonds is 10. The third-order valence-corrected chi connectivity index (χ3v) is 16.0. The first-order valence-electron chi connectivity index (χ1n) is 27.3. The van der Waals surface area contributed by atoms with Gasteiger partial charge in [0.2, 0.25) is 47.1 Å². The highest BCUT2D eigenvalue weighted by Crippen LogP contribution is 2.48. The van der Waals surface area contributed by atoms with Crippen LogP contribution in [-0.4, -0.2) is 174 Å². The van der Waals surface area contributed by atoms with Crippen LogP contribution in [0, 0.1) is 0 Å². The van der Waals surface area contributed by atoms with Gasteiger partial charge in [0.05, 0.1) is 22.7 Å². The Morgan fingerprint density at radius 1 is 0.708 bits per heavy atom. The maximum absolute atomic E-state index is 15.7. The van der Waals surface area contributed by atoms with Crippen LogP contribution in [0.15, 0.2) is 78.9 Å². The highest BCUT2D eigenvalue weighted by atomic mass is 35.5. The molecule has 6 heterocycles. The third-order valence-electron chi connectivity index (χ3n) is 15.4. The van der Waals surface area contributed by atoms with Crippen molar-refractivity contribution in [3.63, 3.8) is 0 Å². The van der Waals surface area contributed by atoms with Crippen molar-refractivity contribution in [2.24, 2.45) is 5.73 Å². The van der Waals surface area contributed by atoms with Crippen LogP contribution in [0.3, 0.4) is 0 Å². The van der Waals surface area contributed by atoms with Crippen molar-refractivity contribution in [2.75, 3.05) is 20.7 Å². The number of likely N-dealkylation sites (N-methyl/N-ethyl adjacent to an activating group) is 1. The fourth-order valence-corrected chi connectivity index (χ4v) is 10.8. The van der Waals surface area contributed by atoms with Gasteiger partial charge < -0.3 is 103 Å². The van der Waals surface area contributed by atoms with Crippen LogP contribution in [0.2, 0.25) is 10.0 Å². The number of aliphatic hydroxyl groups excluding tert-OH is 4. The molecule has 11 rings (SSSR count). The zero-order chi connectivity index (χ0) is 64.6. The number of primary amides is 1. The molecular formula is C58H60Cl2N8O21. The number of halogens is 2. The number of ether oxygens (including phenoxy) is 4. The number of carbonyl (C=O) groups excluding carboxylic acids is 7. The number of nitrogens with zero attached hydrogens (tertiary/aromatic N) is 1. The second-order valence-corrected chi connectivity index (χ2v) is 22.4. The second kappa shape index (κ2) is 26.3. The molecule has 29 nitrogen and oxygen atoms in total. The molecule has 0 saturated carbocycles. The van der Waals surface area contributed by atoms with Crippen molar-refractivity contribution in [1.82, 2.24) is 36.8 Å². The number of nitrogens with one attached hydrogen (secondary N) is 6. The number of hydrogen-bond acceptors (Lipinski definition) is 21. The zero-order valence-corrected chi connectivity index (χ0v) is 48.6. The zero-order valence-electron chi connectivity index (χ0n) is 47.0. The van der Waals surface area contributed by atoms with Crippen LogP contribution in [0.5, 0.6) is 46.0 Å². The van der Waals surface area contributed by atoms with E-state index in [1.807, 2.05) is 0 Å². The van der Waals surface area contributed by atoms with Gasteiger partial charge in [0, 0.05) is 35.6 Å². The Bertz CT molecular complexity index is 3670. The molecule has 1 saturated heterocycles. The molecule has 0 aromatic heterocycles.